The second kappa shape index (κ2) is 8.37. The van der Waals surface area contributed by atoms with Crippen molar-refractivity contribution in [3.63, 3.8) is 0 Å². The molecule has 0 radical (unpaired) electrons. The molecule has 0 aliphatic heterocycles. The number of halogens is 1. The van der Waals surface area contributed by atoms with E-state index in [4.69, 9.17) is 5.73 Å². The summed E-state index contributed by atoms with van der Waals surface area (Å²) < 4.78 is 39.1. The molecule has 6 nitrogen and oxygen atoms in total. The average molecular weight is 345 g/mol. The predicted octanol–water partition coefficient (Wildman–Crippen LogP) is 1.13. The Morgan fingerprint density at radius 3 is 2.26 bits per heavy atom. The fraction of sp³-hybridized carbons (Fsp3) is 0.533. The van der Waals surface area contributed by atoms with Crippen molar-refractivity contribution in [1.82, 2.24) is 10.0 Å². The van der Waals surface area contributed by atoms with Gasteiger partial charge in [-0.2, -0.15) is 0 Å². The normalized spacial score (nSPS) is 12.2. The fourth-order valence-corrected chi connectivity index (χ4v) is 3.15. The van der Waals surface area contributed by atoms with Crippen molar-refractivity contribution in [1.29, 1.82) is 0 Å². The van der Waals surface area contributed by atoms with Gasteiger partial charge in [0.1, 0.15) is 5.82 Å². The number of amides is 1. The Balaban J connectivity index is 2.56. The SMILES string of the molecule is CCC(CC)(CN)NC(=O)CCNS(=O)(=O)c1ccc(F)cc1. The Hall–Kier alpha value is -1.51. The van der Waals surface area contributed by atoms with E-state index >= 15 is 0 Å². The maximum Gasteiger partial charge on any atom is 0.240 e. The van der Waals surface area contributed by atoms with Gasteiger partial charge < -0.3 is 11.1 Å². The van der Waals surface area contributed by atoms with Crippen LogP contribution < -0.4 is 15.8 Å². The van der Waals surface area contributed by atoms with E-state index < -0.39 is 21.4 Å². The third kappa shape index (κ3) is 5.56. The number of nitrogens with two attached hydrogens (primary N) is 1. The van der Waals surface area contributed by atoms with Crippen LogP contribution in [-0.2, 0) is 14.8 Å². The highest BCUT2D eigenvalue weighted by Gasteiger charge is 2.26. The molecular weight excluding hydrogens is 321 g/mol. The Morgan fingerprint density at radius 1 is 1.22 bits per heavy atom. The molecule has 1 aromatic rings. The average Bonchev–Trinajstić information content (AvgIpc) is 2.53. The minimum Gasteiger partial charge on any atom is -0.349 e. The second-order valence-electron chi connectivity index (χ2n) is 5.34. The molecule has 0 atom stereocenters. The summed E-state index contributed by atoms with van der Waals surface area (Å²) in [6, 6.07) is 4.48. The van der Waals surface area contributed by atoms with Crippen molar-refractivity contribution in [3.05, 3.63) is 30.1 Å². The lowest BCUT2D eigenvalue weighted by Crippen LogP contribution is -2.53. The lowest BCUT2D eigenvalue weighted by Gasteiger charge is -2.31. The summed E-state index contributed by atoms with van der Waals surface area (Å²) >= 11 is 0. The van der Waals surface area contributed by atoms with E-state index in [2.05, 4.69) is 10.0 Å². The first-order valence-electron chi connectivity index (χ1n) is 7.55. The molecule has 0 saturated heterocycles. The van der Waals surface area contributed by atoms with E-state index in [1.54, 1.807) is 0 Å². The van der Waals surface area contributed by atoms with Gasteiger partial charge in [0.25, 0.3) is 0 Å². The standard InChI is InChI=1S/C15H24FN3O3S/c1-3-15(4-2,11-17)19-14(20)9-10-18-23(21,22)13-7-5-12(16)6-8-13/h5-8,18H,3-4,9-11,17H2,1-2H3,(H,19,20). The van der Waals surface area contributed by atoms with Gasteiger partial charge in [-0.25, -0.2) is 17.5 Å². The van der Waals surface area contributed by atoms with Crippen molar-refractivity contribution in [2.75, 3.05) is 13.1 Å². The smallest absolute Gasteiger partial charge is 0.240 e. The maximum absolute atomic E-state index is 12.8. The third-order valence-electron chi connectivity index (χ3n) is 3.92. The van der Waals surface area contributed by atoms with Crippen LogP contribution >= 0.6 is 0 Å². The third-order valence-corrected chi connectivity index (χ3v) is 5.39. The molecule has 1 aromatic carbocycles. The molecule has 0 bridgehead atoms. The summed E-state index contributed by atoms with van der Waals surface area (Å²) in [6.07, 6.45) is 1.41. The summed E-state index contributed by atoms with van der Waals surface area (Å²) in [7, 11) is -3.75. The maximum atomic E-state index is 12.8. The predicted molar refractivity (Wildman–Crippen MR) is 86.7 cm³/mol. The molecule has 0 aromatic heterocycles. The van der Waals surface area contributed by atoms with E-state index in [9.17, 15) is 17.6 Å². The number of benzene rings is 1. The van der Waals surface area contributed by atoms with Gasteiger partial charge in [0.05, 0.1) is 10.4 Å². The first kappa shape index (κ1) is 19.5. The van der Waals surface area contributed by atoms with E-state index in [1.807, 2.05) is 13.8 Å². The van der Waals surface area contributed by atoms with E-state index in [0.717, 1.165) is 12.1 Å². The lowest BCUT2D eigenvalue weighted by molar-refractivity contribution is -0.122. The number of rotatable bonds is 9. The highest BCUT2D eigenvalue weighted by Crippen LogP contribution is 2.13. The van der Waals surface area contributed by atoms with Crippen LogP contribution in [0.2, 0.25) is 0 Å². The number of hydrogen-bond acceptors (Lipinski definition) is 4. The van der Waals surface area contributed by atoms with Crippen molar-refractivity contribution >= 4 is 15.9 Å². The minimum absolute atomic E-state index is 0.00216. The van der Waals surface area contributed by atoms with Gasteiger partial charge in [0.2, 0.25) is 15.9 Å². The van der Waals surface area contributed by atoms with Crippen LogP contribution in [0.25, 0.3) is 0 Å². The fourth-order valence-electron chi connectivity index (χ4n) is 2.12. The van der Waals surface area contributed by atoms with Crippen LogP contribution in [0.1, 0.15) is 33.1 Å². The molecule has 0 fully saturated rings. The van der Waals surface area contributed by atoms with Gasteiger partial charge in [-0.3, -0.25) is 4.79 Å². The molecule has 4 N–H and O–H groups in total. The summed E-state index contributed by atoms with van der Waals surface area (Å²) in [5.41, 5.74) is 5.25. The number of carbonyl (C=O) groups is 1. The largest absolute Gasteiger partial charge is 0.349 e. The zero-order valence-electron chi connectivity index (χ0n) is 13.4. The summed E-state index contributed by atoms with van der Waals surface area (Å²) in [6.45, 7) is 4.16. The summed E-state index contributed by atoms with van der Waals surface area (Å²) in [4.78, 5) is 11.9. The van der Waals surface area contributed by atoms with Crippen LogP contribution in [0.3, 0.4) is 0 Å². The molecule has 23 heavy (non-hydrogen) atoms. The van der Waals surface area contributed by atoms with E-state index in [0.29, 0.717) is 19.4 Å². The van der Waals surface area contributed by atoms with Crippen LogP contribution in [0.4, 0.5) is 4.39 Å². The van der Waals surface area contributed by atoms with Crippen LogP contribution in [0.5, 0.6) is 0 Å². The van der Waals surface area contributed by atoms with Crippen LogP contribution in [0.15, 0.2) is 29.2 Å². The second-order valence-corrected chi connectivity index (χ2v) is 7.11. The molecule has 0 unspecified atom stereocenters. The van der Waals surface area contributed by atoms with Gasteiger partial charge in [0, 0.05) is 19.5 Å². The molecule has 1 rings (SSSR count). The number of carbonyl (C=O) groups excluding carboxylic acids is 1. The van der Waals surface area contributed by atoms with Gasteiger partial charge >= 0.3 is 0 Å². The minimum atomic E-state index is -3.75. The van der Waals surface area contributed by atoms with Crippen molar-refractivity contribution in [2.24, 2.45) is 5.73 Å². The zero-order chi connectivity index (χ0) is 17.5. The quantitative estimate of drug-likeness (QED) is 0.624. The Bertz CT molecular complexity index is 605. The number of sulfonamides is 1. The summed E-state index contributed by atoms with van der Waals surface area (Å²) in [5.74, 6) is -0.776. The van der Waals surface area contributed by atoms with Crippen molar-refractivity contribution < 1.29 is 17.6 Å². The topological polar surface area (TPSA) is 101 Å². The van der Waals surface area contributed by atoms with Crippen molar-refractivity contribution in [2.45, 2.75) is 43.5 Å². The zero-order valence-corrected chi connectivity index (χ0v) is 14.2. The molecule has 0 heterocycles. The van der Waals surface area contributed by atoms with Gasteiger partial charge in [-0.05, 0) is 37.1 Å². The lowest BCUT2D eigenvalue weighted by atomic mass is 9.93. The van der Waals surface area contributed by atoms with E-state index in [-0.39, 0.29) is 23.8 Å². The molecule has 0 saturated carbocycles. The van der Waals surface area contributed by atoms with Gasteiger partial charge in [-0.1, -0.05) is 13.8 Å². The van der Waals surface area contributed by atoms with Crippen LogP contribution in [0, 0.1) is 5.82 Å². The van der Waals surface area contributed by atoms with Crippen molar-refractivity contribution in [3.8, 4) is 0 Å². The highest BCUT2D eigenvalue weighted by molar-refractivity contribution is 7.89. The Kier molecular flexibility index (Phi) is 7.11. The Labute approximate surface area is 136 Å². The first-order valence-corrected chi connectivity index (χ1v) is 9.03. The molecule has 130 valence electrons. The molecule has 1 amide bonds. The van der Waals surface area contributed by atoms with Gasteiger partial charge in [-0.15, -0.1) is 0 Å². The molecule has 0 aliphatic carbocycles. The van der Waals surface area contributed by atoms with Gasteiger partial charge in [0.15, 0.2) is 0 Å². The Morgan fingerprint density at radius 2 is 1.78 bits per heavy atom. The highest BCUT2D eigenvalue weighted by atomic mass is 32.2. The summed E-state index contributed by atoms with van der Waals surface area (Å²) in [5, 5.41) is 2.86. The van der Waals surface area contributed by atoms with Crippen LogP contribution in [-0.4, -0.2) is 33.0 Å². The molecular formula is C15H24FN3O3S. The first-order chi connectivity index (χ1) is 10.8. The molecule has 0 spiro atoms. The monoisotopic (exact) mass is 345 g/mol. The number of hydrogen-bond donors (Lipinski definition) is 3. The van der Waals surface area contributed by atoms with E-state index in [1.165, 1.54) is 12.1 Å². The molecule has 8 heteroatoms. The molecule has 0 aliphatic rings. The number of nitrogens with one attached hydrogen (secondary N) is 2.